The number of carbonyl (C=O) groups is 6. The summed E-state index contributed by atoms with van der Waals surface area (Å²) in [6.45, 7) is 2.80. The molecule has 0 unspecified atom stereocenters. The molecule has 0 fully saturated rings. The third-order valence-electron chi connectivity index (χ3n) is 2.18. The van der Waals surface area contributed by atoms with Gasteiger partial charge in [-0.1, -0.05) is 0 Å². The van der Waals surface area contributed by atoms with Gasteiger partial charge in [-0.25, -0.2) is 0 Å². The van der Waals surface area contributed by atoms with E-state index in [1.807, 2.05) is 0 Å². The minimum absolute atomic E-state index is 0. The largest absolute Gasteiger partial charge is 0.450 e. The van der Waals surface area contributed by atoms with Crippen molar-refractivity contribution in [2.45, 2.75) is 58.6 Å². The van der Waals surface area contributed by atoms with Crippen LogP contribution in [0.4, 0.5) is 39.5 Å². The van der Waals surface area contributed by atoms with E-state index in [0.29, 0.717) is 0 Å². The molecule has 1 radical (unpaired) electrons. The van der Waals surface area contributed by atoms with Crippen LogP contribution in [0.2, 0.25) is 0 Å². The summed E-state index contributed by atoms with van der Waals surface area (Å²) in [4.78, 5) is 59.7. The van der Waals surface area contributed by atoms with Gasteiger partial charge in [0.25, 0.3) is 0 Å². The number of rotatable bonds is 6. The molecule has 31 heavy (non-hydrogen) atoms. The van der Waals surface area contributed by atoms with E-state index in [4.69, 9.17) is 0 Å². The smallest absolute Gasteiger partial charge is 0.300 e. The standard InChI is InChI=1S/3C5H5F3O2.Rh/c3*1-3(9)2-4(10)5(6,7)8;/h3*2H2,1H3;. The maximum atomic E-state index is 11.3. The third kappa shape index (κ3) is 24.2. The summed E-state index contributed by atoms with van der Waals surface area (Å²) in [6, 6.07) is 0. The molecule has 0 aliphatic carbocycles. The number of alkyl halides is 9. The van der Waals surface area contributed by atoms with Gasteiger partial charge < -0.3 is 0 Å². The van der Waals surface area contributed by atoms with Gasteiger partial charge in [-0.15, -0.1) is 0 Å². The Hall–Kier alpha value is -1.99. The second-order valence-corrected chi connectivity index (χ2v) is 5.40. The molecule has 0 aromatic rings. The van der Waals surface area contributed by atoms with Gasteiger partial charge in [0.1, 0.15) is 17.3 Å². The van der Waals surface area contributed by atoms with Crippen LogP contribution in [0, 0.1) is 0 Å². The average Bonchev–Trinajstić information content (AvgIpc) is 2.43. The Bertz CT molecular complexity index is 573. The zero-order chi connectivity index (χ0) is 25.1. The molecule has 0 bridgehead atoms. The van der Waals surface area contributed by atoms with Crippen molar-refractivity contribution < 1.29 is 87.8 Å². The van der Waals surface area contributed by atoms with Gasteiger partial charge in [-0.2, -0.15) is 39.5 Å². The fourth-order valence-electron chi connectivity index (χ4n) is 0.979. The van der Waals surface area contributed by atoms with Gasteiger partial charge in [-0.3, -0.25) is 28.8 Å². The number of ketones is 6. The molecule has 0 aromatic heterocycles. The average molecular weight is 565 g/mol. The van der Waals surface area contributed by atoms with Crippen molar-refractivity contribution in [3.8, 4) is 0 Å². The van der Waals surface area contributed by atoms with E-state index < -0.39 is 72.5 Å². The van der Waals surface area contributed by atoms with Crippen molar-refractivity contribution in [2.24, 2.45) is 0 Å². The van der Waals surface area contributed by atoms with E-state index in [1.165, 1.54) is 0 Å². The van der Waals surface area contributed by atoms with Crippen LogP contribution < -0.4 is 0 Å². The SMILES string of the molecule is CC(=O)CC(=O)C(F)(F)F.CC(=O)CC(=O)C(F)(F)F.CC(=O)CC(=O)C(F)(F)F.[Rh]. The second-order valence-electron chi connectivity index (χ2n) is 5.40. The summed E-state index contributed by atoms with van der Waals surface area (Å²) in [5.74, 6) is -8.29. The van der Waals surface area contributed by atoms with Crippen LogP contribution >= 0.6 is 0 Å². The molecule has 6 nitrogen and oxygen atoms in total. The number of hydrogen-bond donors (Lipinski definition) is 0. The third-order valence-corrected chi connectivity index (χ3v) is 2.18. The van der Waals surface area contributed by atoms with Crippen LogP contribution in [0.5, 0.6) is 0 Å². The molecule has 0 heterocycles. The molecule has 0 saturated heterocycles. The molecule has 0 atom stereocenters. The monoisotopic (exact) mass is 565 g/mol. The fourth-order valence-corrected chi connectivity index (χ4v) is 0.979. The summed E-state index contributed by atoms with van der Waals surface area (Å²) in [6.07, 6.45) is -17.8. The molecule has 0 aliphatic heterocycles. The van der Waals surface area contributed by atoms with Crippen molar-refractivity contribution in [1.29, 1.82) is 0 Å². The minimum atomic E-state index is -4.87. The summed E-state index contributed by atoms with van der Waals surface area (Å²) in [5.41, 5.74) is 0. The van der Waals surface area contributed by atoms with Crippen LogP contribution in [-0.2, 0) is 48.2 Å². The van der Waals surface area contributed by atoms with Crippen LogP contribution in [-0.4, -0.2) is 53.2 Å². The first-order chi connectivity index (χ1) is 13.0. The van der Waals surface area contributed by atoms with Gasteiger partial charge in [0, 0.05) is 19.5 Å². The van der Waals surface area contributed by atoms with E-state index in [2.05, 4.69) is 0 Å². The maximum absolute atomic E-state index is 11.3. The first-order valence-electron chi connectivity index (χ1n) is 7.30. The van der Waals surface area contributed by atoms with Crippen LogP contribution in [0.3, 0.4) is 0 Å². The quantitative estimate of drug-likeness (QED) is 0.279. The number of hydrogen-bond acceptors (Lipinski definition) is 6. The van der Waals surface area contributed by atoms with Crippen LogP contribution in [0.1, 0.15) is 40.0 Å². The molecule has 0 saturated carbocycles. The molecule has 0 amide bonds. The Balaban J connectivity index is -0.000000174. The predicted octanol–water partition coefficient (Wildman–Crippen LogP) is 3.29. The Kier molecular flexibility index (Phi) is 17.5. The minimum Gasteiger partial charge on any atom is -0.300 e. The molecular formula is C15H15F9O6Rh. The number of carbonyl (C=O) groups excluding carboxylic acids is 6. The van der Waals surface area contributed by atoms with Gasteiger partial charge in [-0.05, 0) is 20.8 Å². The van der Waals surface area contributed by atoms with E-state index in [9.17, 15) is 68.3 Å². The Labute approximate surface area is 181 Å². The maximum Gasteiger partial charge on any atom is 0.450 e. The molecule has 0 N–H and O–H groups in total. The van der Waals surface area contributed by atoms with E-state index in [1.54, 1.807) is 0 Å². The van der Waals surface area contributed by atoms with Gasteiger partial charge in [0.05, 0.1) is 19.3 Å². The van der Waals surface area contributed by atoms with Crippen molar-refractivity contribution in [3.05, 3.63) is 0 Å². The van der Waals surface area contributed by atoms with Gasteiger partial charge in [0.15, 0.2) is 0 Å². The molecule has 0 aromatic carbocycles. The summed E-state index contributed by atoms with van der Waals surface area (Å²) < 4.78 is 102. The number of halogens is 9. The Morgan fingerprint density at radius 3 is 0.613 bits per heavy atom. The van der Waals surface area contributed by atoms with E-state index in [0.717, 1.165) is 20.8 Å². The van der Waals surface area contributed by atoms with Gasteiger partial charge in [0.2, 0.25) is 17.3 Å². The molecule has 0 spiro atoms. The Morgan fingerprint density at radius 1 is 0.452 bits per heavy atom. The fraction of sp³-hybridized carbons (Fsp3) is 0.600. The number of Topliss-reactive ketones (excluding diaryl/α,β-unsaturated/α-hetero) is 6. The summed E-state index contributed by atoms with van der Waals surface area (Å²) in [7, 11) is 0. The molecular weight excluding hydrogens is 550 g/mol. The predicted molar refractivity (Wildman–Crippen MR) is 79.1 cm³/mol. The zero-order valence-electron chi connectivity index (χ0n) is 15.8. The molecule has 0 aliphatic rings. The van der Waals surface area contributed by atoms with Crippen molar-refractivity contribution in [1.82, 2.24) is 0 Å². The summed E-state index contributed by atoms with van der Waals surface area (Å²) in [5, 5.41) is 0. The van der Waals surface area contributed by atoms with Gasteiger partial charge >= 0.3 is 18.5 Å². The normalized spacial score (nSPS) is 10.8. The first kappa shape index (κ1) is 36.4. The van der Waals surface area contributed by atoms with E-state index in [-0.39, 0.29) is 19.5 Å². The topological polar surface area (TPSA) is 102 Å². The Morgan fingerprint density at radius 2 is 0.581 bits per heavy atom. The zero-order valence-corrected chi connectivity index (χ0v) is 17.4. The van der Waals surface area contributed by atoms with Crippen molar-refractivity contribution in [3.63, 3.8) is 0 Å². The van der Waals surface area contributed by atoms with E-state index >= 15 is 0 Å². The van der Waals surface area contributed by atoms with Crippen molar-refractivity contribution in [2.75, 3.05) is 0 Å². The summed E-state index contributed by atoms with van der Waals surface area (Å²) >= 11 is 0. The molecule has 16 heteroatoms. The molecule has 0 rings (SSSR count). The van der Waals surface area contributed by atoms with Crippen LogP contribution in [0.15, 0.2) is 0 Å². The molecule has 183 valence electrons. The van der Waals surface area contributed by atoms with Crippen LogP contribution in [0.25, 0.3) is 0 Å². The first-order valence-corrected chi connectivity index (χ1v) is 7.30. The van der Waals surface area contributed by atoms with Crippen molar-refractivity contribution >= 4 is 34.7 Å². The second kappa shape index (κ2) is 14.9.